The average Bonchev–Trinajstić information content (AvgIpc) is 3.23. The second-order valence-electron chi connectivity index (χ2n) is 12.5. The Bertz CT molecular complexity index is 2610. The average molecular weight is 948 g/mol. The maximum atomic E-state index is 15.8. The Morgan fingerprint density at radius 2 is 0.438 bits per heavy atom. The zero-order valence-electron chi connectivity index (χ0n) is 29.6. The molecule has 0 spiro atoms. The summed E-state index contributed by atoms with van der Waals surface area (Å²) in [5.74, 6) is -58.3. The maximum absolute atomic E-state index is 15.8. The Labute approximate surface area is 337 Å². The van der Waals surface area contributed by atoms with Crippen LogP contribution in [0.4, 0.5) is 139 Å². The standard InChI is InChI=1S/C38H8F24N2/c39-15-13(37(57,58)59)16(40)26(50)33(25(15)49)63(35-29(53)21(45)19(43)22(46)30(35)54)11-7-3-1-5-9(11)10-6-2-4-8-12(10)64(36-31(55)23(47)20(44)24(48)32(36)56)34-27(51)17(41)14(38(60,61)62)18(42)28(34)52/h1-8H. The van der Waals surface area contributed by atoms with Crippen molar-refractivity contribution in [3.8, 4) is 11.1 Å². The third kappa shape index (κ3) is 7.10. The molecule has 6 aromatic rings. The minimum absolute atomic E-state index is 0.192. The van der Waals surface area contributed by atoms with Gasteiger partial charge in [0.1, 0.15) is 33.9 Å². The molecule has 0 saturated heterocycles. The van der Waals surface area contributed by atoms with Crippen LogP contribution < -0.4 is 9.80 Å². The Balaban J connectivity index is 1.84. The molecule has 0 bridgehead atoms. The van der Waals surface area contributed by atoms with Gasteiger partial charge in [-0.3, -0.25) is 9.80 Å². The van der Waals surface area contributed by atoms with Crippen molar-refractivity contribution in [2.24, 2.45) is 0 Å². The number of halogens is 24. The van der Waals surface area contributed by atoms with E-state index in [-0.39, 0.29) is 12.1 Å². The highest BCUT2D eigenvalue weighted by atomic mass is 19.4. The lowest BCUT2D eigenvalue weighted by atomic mass is 9.97. The van der Waals surface area contributed by atoms with Crippen molar-refractivity contribution in [1.82, 2.24) is 0 Å². The van der Waals surface area contributed by atoms with E-state index in [1.54, 1.807) is 0 Å². The summed E-state index contributed by atoms with van der Waals surface area (Å²) in [7, 11) is 0. The molecule has 6 rings (SSSR count). The van der Waals surface area contributed by atoms with Crippen LogP contribution in [0.1, 0.15) is 11.1 Å². The van der Waals surface area contributed by atoms with Gasteiger partial charge in [-0.2, -0.15) is 26.3 Å². The first kappa shape index (κ1) is 46.7. The zero-order valence-corrected chi connectivity index (χ0v) is 29.6. The van der Waals surface area contributed by atoms with Crippen molar-refractivity contribution in [2.45, 2.75) is 12.4 Å². The second kappa shape index (κ2) is 16.1. The van der Waals surface area contributed by atoms with Gasteiger partial charge in [0.05, 0.1) is 11.4 Å². The van der Waals surface area contributed by atoms with E-state index in [9.17, 15) is 52.7 Å². The van der Waals surface area contributed by atoms with Crippen LogP contribution in [0, 0.1) is 105 Å². The van der Waals surface area contributed by atoms with Gasteiger partial charge in [0.2, 0.25) is 11.6 Å². The molecule has 6 aromatic carbocycles. The summed E-state index contributed by atoms with van der Waals surface area (Å²) < 4.78 is 355. The van der Waals surface area contributed by atoms with Crippen LogP contribution in [0.2, 0.25) is 0 Å². The summed E-state index contributed by atoms with van der Waals surface area (Å²) in [5.41, 5.74) is -24.1. The SMILES string of the molecule is Fc1c(F)c(F)c(N(c2ccccc2-c2ccccc2N(c2c(F)c(F)c(F)c(F)c2F)c2c(F)c(F)c(C(F)(F)F)c(F)c2F)c2c(F)c(F)c(C(F)(F)F)c(F)c2F)c(F)c1F. The fourth-order valence-corrected chi connectivity index (χ4v) is 6.21. The number of para-hydroxylation sites is 2. The molecule has 0 aliphatic carbocycles. The number of anilines is 6. The van der Waals surface area contributed by atoms with Gasteiger partial charge in [-0.1, -0.05) is 36.4 Å². The van der Waals surface area contributed by atoms with E-state index >= 15 is 52.7 Å². The van der Waals surface area contributed by atoms with E-state index in [2.05, 4.69) is 0 Å². The molecule has 0 aromatic heterocycles. The Kier molecular flexibility index (Phi) is 11.8. The fourth-order valence-electron chi connectivity index (χ4n) is 6.21. The molecular formula is C38H8F24N2. The second-order valence-corrected chi connectivity index (χ2v) is 12.5. The number of benzene rings is 6. The van der Waals surface area contributed by atoms with E-state index in [1.165, 1.54) is 0 Å². The molecule has 0 atom stereocenters. The summed E-state index contributed by atoms with van der Waals surface area (Å²) in [5, 5.41) is 0. The maximum Gasteiger partial charge on any atom is 0.422 e. The first-order chi connectivity index (χ1) is 29.6. The van der Waals surface area contributed by atoms with Crippen LogP contribution in [-0.4, -0.2) is 0 Å². The van der Waals surface area contributed by atoms with Gasteiger partial charge in [0.25, 0.3) is 0 Å². The summed E-state index contributed by atoms with van der Waals surface area (Å²) in [6, 6.07) is 3.50. The van der Waals surface area contributed by atoms with Crippen LogP contribution >= 0.6 is 0 Å². The highest BCUT2D eigenvalue weighted by Crippen LogP contribution is 2.53. The number of alkyl halides is 6. The molecule has 0 aliphatic rings. The van der Waals surface area contributed by atoms with E-state index in [1.807, 2.05) is 0 Å². The molecule has 0 N–H and O–H groups in total. The van der Waals surface area contributed by atoms with Crippen molar-refractivity contribution >= 4 is 34.1 Å². The molecule has 0 heterocycles. The van der Waals surface area contributed by atoms with Gasteiger partial charge in [-0.05, 0) is 12.1 Å². The molecule has 0 unspecified atom stereocenters. The summed E-state index contributed by atoms with van der Waals surface area (Å²) in [4.78, 5) is -2.08. The summed E-state index contributed by atoms with van der Waals surface area (Å²) >= 11 is 0. The Morgan fingerprint density at radius 3 is 0.656 bits per heavy atom. The van der Waals surface area contributed by atoms with E-state index < -0.39 is 183 Å². The third-order valence-corrected chi connectivity index (χ3v) is 8.90. The first-order valence-electron chi connectivity index (χ1n) is 16.3. The Morgan fingerprint density at radius 1 is 0.250 bits per heavy atom. The molecule has 338 valence electrons. The van der Waals surface area contributed by atoms with Crippen molar-refractivity contribution in [2.75, 3.05) is 9.80 Å². The molecule has 0 radical (unpaired) electrons. The zero-order chi connectivity index (χ0) is 48.0. The van der Waals surface area contributed by atoms with Crippen LogP contribution in [0.25, 0.3) is 11.1 Å². The molecule has 0 fully saturated rings. The summed E-state index contributed by atoms with van der Waals surface area (Å²) in [6.07, 6.45) is -12.7. The highest BCUT2D eigenvalue weighted by molar-refractivity contribution is 5.96. The lowest BCUT2D eigenvalue weighted by Gasteiger charge is -2.32. The molecular weight excluding hydrogens is 940 g/mol. The van der Waals surface area contributed by atoms with Crippen molar-refractivity contribution < 1.29 is 105 Å². The molecule has 2 nitrogen and oxygen atoms in total. The quantitative estimate of drug-likeness (QED) is 0.0894. The van der Waals surface area contributed by atoms with E-state index in [4.69, 9.17) is 0 Å². The van der Waals surface area contributed by atoms with Gasteiger partial charge in [-0.15, -0.1) is 0 Å². The van der Waals surface area contributed by atoms with Gasteiger partial charge < -0.3 is 0 Å². The first-order valence-corrected chi connectivity index (χ1v) is 16.3. The van der Waals surface area contributed by atoms with Crippen LogP contribution in [0.3, 0.4) is 0 Å². The van der Waals surface area contributed by atoms with Gasteiger partial charge in [-0.25, -0.2) is 79.0 Å². The molecule has 0 saturated carbocycles. The Hall–Kier alpha value is -6.76. The molecule has 64 heavy (non-hydrogen) atoms. The number of hydrogen-bond acceptors (Lipinski definition) is 2. The number of nitrogens with zero attached hydrogens (tertiary/aromatic N) is 2. The third-order valence-electron chi connectivity index (χ3n) is 8.90. The van der Waals surface area contributed by atoms with Gasteiger partial charge in [0, 0.05) is 11.1 Å². The molecule has 0 amide bonds. The minimum atomic E-state index is -6.35. The van der Waals surface area contributed by atoms with E-state index in [0.29, 0.717) is 36.4 Å². The van der Waals surface area contributed by atoms with Crippen LogP contribution in [0.15, 0.2) is 48.5 Å². The molecule has 26 heteroatoms. The van der Waals surface area contributed by atoms with Crippen LogP contribution in [-0.2, 0) is 12.4 Å². The summed E-state index contributed by atoms with van der Waals surface area (Å²) in [6.45, 7) is 0. The normalized spacial score (nSPS) is 12.1. The van der Waals surface area contributed by atoms with Crippen molar-refractivity contribution in [1.29, 1.82) is 0 Å². The van der Waals surface area contributed by atoms with E-state index in [0.717, 1.165) is 0 Å². The predicted octanol–water partition coefficient (Wildman–Crippen LogP) is 14.8. The predicted molar refractivity (Wildman–Crippen MR) is 170 cm³/mol. The number of rotatable bonds is 7. The smallest absolute Gasteiger partial charge is 0.299 e. The lowest BCUT2D eigenvalue weighted by molar-refractivity contribution is -0.144. The topological polar surface area (TPSA) is 6.48 Å². The lowest BCUT2D eigenvalue weighted by Crippen LogP contribution is -2.24. The van der Waals surface area contributed by atoms with Crippen molar-refractivity contribution in [3.63, 3.8) is 0 Å². The highest BCUT2D eigenvalue weighted by Gasteiger charge is 2.47. The number of hydrogen-bond donors (Lipinski definition) is 0. The van der Waals surface area contributed by atoms with Crippen molar-refractivity contribution in [3.05, 3.63) is 164 Å². The van der Waals surface area contributed by atoms with Gasteiger partial charge >= 0.3 is 12.4 Å². The molecule has 0 aliphatic heterocycles. The van der Waals surface area contributed by atoms with Crippen LogP contribution in [0.5, 0.6) is 0 Å². The minimum Gasteiger partial charge on any atom is -0.299 e. The fraction of sp³-hybridized carbons (Fsp3) is 0.0526. The monoisotopic (exact) mass is 948 g/mol. The van der Waals surface area contributed by atoms with Gasteiger partial charge in [0.15, 0.2) is 93.1 Å². The largest absolute Gasteiger partial charge is 0.422 e.